The molecule has 0 fully saturated rings. The molecule has 1 unspecified atom stereocenters. The number of hydrogen-bond donors (Lipinski definition) is 1. The van der Waals surface area contributed by atoms with Crippen molar-refractivity contribution in [2.45, 2.75) is 32.9 Å². The predicted molar refractivity (Wildman–Crippen MR) is 99.8 cm³/mol. The highest BCUT2D eigenvalue weighted by Gasteiger charge is 2.19. The molecule has 0 aliphatic rings. The summed E-state index contributed by atoms with van der Waals surface area (Å²) in [5, 5.41) is 6.88. The fourth-order valence-electron chi connectivity index (χ4n) is 2.56. The van der Waals surface area contributed by atoms with Gasteiger partial charge >= 0.3 is 0 Å². The third kappa shape index (κ3) is 4.64. The Labute approximate surface area is 160 Å². The minimum absolute atomic E-state index is 0.111. The Bertz CT molecular complexity index is 1010. The standard InChI is InChI=1S/C20H20FN3O4/c1-3-17(20(26)22-12-16-9-4-13(2)27-16)28-18-10-11-19(25)24(23-18)15-7-5-14(21)6-8-15/h4-11,17H,3,12H2,1-2H3,(H,22,26). The van der Waals surface area contributed by atoms with Crippen molar-refractivity contribution in [2.75, 3.05) is 0 Å². The van der Waals surface area contributed by atoms with E-state index >= 15 is 0 Å². The SMILES string of the molecule is CCC(Oc1ccc(=O)n(-c2ccc(F)cc2)n1)C(=O)NCc1ccc(C)o1. The normalized spacial score (nSPS) is 11.8. The fourth-order valence-corrected chi connectivity index (χ4v) is 2.56. The van der Waals surface area contributed by atoms with Crippen LogP contribution in [0.1, 0.15) is 24.9 Å². The molecule has 1 aromatic carbocycles. The lowest BCUT2D eigenvalue weighted by molar-refractivity contribution is -0.128. The zero-order valence-electron chi connectivity index (χ0n) is 15.5. The molecular weight excluding hydrogens is 365 g/mol. The highest BCUT2D eigenvalue weighted by atomic mass is 19.1. The van der Waals surface area contributed by atoms with Crippen molar-refractivity contribution in [3.05, 3.63) is 76.2 Å². The fraction of sp³-hybridized carbons (Fsp3) is 0.250. The molecule has 146 valence electrons. The van der Waals surface area contributed by atoms with Crippen molar-refractivity contribution < 1.29 is 18.3 Å². The molecule has 1 N–H and O–H groups in total. The second kappa shape index (κ2) is 8.51. The Morgan fingerprint density at radius 2 is 1.96 bits per heavy atom. The summed E-state index contributed by atoms with van der Waals surface area (Å²) in [4.78, 5) is 24.5. The van der Waals surface area contributed by atoms with Crippen LogP contribution < -0.4 is 15.6 Å². The van der Waals surface area contributed by atoms with Crippen molar-refractivity contribution >= 4 is 5.91 Å². The van der Waals surface area contributed by atoms with Gasteiger partial charge in [-0.3, -0.25) is 9.59 Å². The zero-order valence-corrected chi connectivity index (χ0v) is 15.5. The maximum Gasteiger partial charge on any atom is 0.271 e. The number of aromatic nitrogens is 2. The van der Waals surface area contributed by atoms with E-state index in [-0.39, 0.29) is 18.3 Å². The number of hydrogen-bond acceptors (Lipinski definition) is 5. The smallest absolute Gasteiger partial charge is 0.271 e. The minimum Gasteiger partial charge on any atom is -0.465 e. The van der Waals surface area contributed by atoms with Crippen molar-refractivity contribution in [1.82, 2.24) is 15.1 Å². The first kappa shape index (κ1) is 19.3. The van der Waals surface area contributed by atoms with Gasteiger partial charge in [0, 0.05) is 12.1 Å². The Balaban J connectivity index is 1.71. The second-order valence-corrected chi connectivity index (χ2v) is 6.14. The molecule has 0 aliphatic carbocycles. The summed E-state index contributed by atoms with van der Waals surface area (Å²) in [7, 11) is 0. The largest absolute Gasteiger partial charge is 0.465 e. The van der Waals surface area contributed by atoms with Gasteiger partial charge in [0.05, 0.1) is 12.2 Å². The van der Waals surface area contributed by atoms with Crippen LogP contribution in [0.3, 0.4) is 0 Å². The van der Waals surface area contributed by atoms with Gasteiger partial charge in [0.15, 0.2) is 6.10 Å². The molecule has 0 bridgehead atoms. The molecule has 2 heterocycles. The van der Waals surface area contributed by atoms with E-state index in [0.29, 0.717) is 17.9 Å². The van der Waals surface area contributed by atoms with Crippen molar-refractivity contribution in [1.29, 1.82) is 0 Å². The Morgan fingerprint density at radius 3 is 2.61 bits per heavy atom. The molecule has 28 heavy (non-hydrogen) atoms. The van der Waals surface area contributed by atoms with Crippen LogP contribution in [0, 0.1) is 12.7 Å². The number of nitrogens with one attached hydrogen (secondary N) is 1. The molecule has 0 radical (unpaired) electrons. The van der Waals surface area contributed by atoms with Crippen LogP contribution in [0.2, 0.25) is 0 Å². The molecule has 1 atom stereocenters. The summed E-state index contributed by atoms with van der Waals surface area (Å²) in [6, 6.07) is 11.6. The maximum atomic E-state index is 13.1. The second-order valence-electron chi connectivity index (χ2n) is 6.14. The van der Waals surface area contributed by atoms with Crippen molar-refractivity contribution in [2.24, 2.45) is 0 Å². The summed E-state index contributed by atoms with van der Waals surface area (Å²) < 4.78 is 25.3. The van der Waals surface area contributed by atoms with Gasteiger partial charge in [-0.2, -0.15) is 4.68 Å². The first-order valence-electron chi connectivity index (χ1n) is 8.82. The molecular formula is C20H20FN3O4. The minimum atomic E-state index is -0.789. The quantitative estimate of drug-likeness (QED) is 0.676. The average Bonchev–Trinajstić information content (AvgIpc) is 3.11. The Kier molecular flexibility index (Phi) is 5.88. The van der Waals surface area contributed by atoms with E-state index < -0.39 is 17.5 Å². The van der Waals surface area contributed by atoms with Crippen LogP contribution >= 0.6 is 0 Å². The van der Waals surface area contributed by atoms with Gasteiger partial charge < -0.3 is 14.5 Å². The number of furan rings is 1. The van der Waals surface area contributed by atoms with Crippen molar-refractivity contribution in [3.8, 4) is 11.6 Å². The molecule has 0 saturated heterocycles. The van der Waals surface area contributed by atoms with Crippen molar-refractivity contribution in [3.63, 3.8) is 0 Å². The van der Waals surface area contributed by atoms with Crippen LogP contribution in [0.4, 0.5) is 4.39 Å². The topological polar surface area (TPSA) is 86.4 Å². The number of carbonyl (C=O) groups is 1. The molecule has 7 nitrogen and oxygen atoms in total. The highest BCUT2D eigenvalue weighted by molar-refractivity contribution is 5.80. The number of ether oxygens (including phenoxy) is 1. The molecule has 3 rings (SSSR count). The van der Waals surface area contributed by atoms with Gasteiger partial charge in [-0.05, 0) is 49.7 Å². The lowest BCUT2D eigenvalue weighted by atomic mass is 10.2. The van der Waals surface area contributed by atoms with Gasteiger partial charge in [0.1, 0.15) is 17.3 Å². The van der Waals surface area contributed by atoms with E-state index in [4.69, 9.17) is 9.15 Å². The lowest BCUT2D eigenvalue weighted by Gasteiger charge is -2.16. The van der Waals surface area contributed by atoms with E-state index in [1.807, 2.05) is 13.0 Å². The third-order valence-electron chi connectivity index (χ3n) is 4.01. The zero-order chi connectivity index (χ0) is 20.1. The number of benzene rings is 1. The van der Waals surface area contributed by atoms with Gasteiger partial charge in [-0.25, -0.2) is 4.39 Å². The summed E-state index contributed by atoms with van der Waals surface area (Å²) >= 11 is 0. The molecule has 1 amide bonds. The molecule has 8 heteroatoms. The van der Waals surface area contributed by atoms with Crippen LogP contribution in [0.25, 0.3) is 5.69 Å². The van der Waals surface area contributed by atoms with E-state index in [1.54, 1.807) is 13.0 Å². The Morgan fingerprint density at radius 1 is 1.21 bits per heavy atom. The van der Waals surface area contributed by atoms with Gasteiger partial charge in [-0.1, -0.05) is 6.92 Å². The summed E-state index contributed by atoms with van der Waals surface area (Å²) in [5.74, 6) is 0.778. The summed E-state index contributed by atoms with van der Waals surface area (Å²) in [6.07, 6.45) is -0.386. The average molecular weight is 385 g/mol. The van der Waals surface area contributed by atoms with Crippen LogP contribution in [-0.4, -0.2) is 21.8 Å². The molecule has 0 saturated carbocycles. The predicted octanol–water partition coefficient (Wildman–Crippen LogP) is 2.75. The number of amides is 1. The maximum absolute atomic E-state index is 13.1. The van der Waals surface area contributed by atoms with Crippen LogP contribution in [0.5, 0.6) is 5.88 Å². The van der Waals surface area contributed by atoms with E-state index in [1.165, 1.54) is 36.4 Å². The third-order valence-corrected chi connectivity index (χ3v) is 4.01. The first-order chi connectivity index (χ1) is 13.5. The number of aryl methyl sites for hydroxylation is 1. The summed E-state index contributed by atoms with van der Waals surface area (Å²) in [6.45, 7) is 3.87. The van der Waals surface area contributed by atoms with Crippen LogP contribution in [-0.2, 0) is 11.3 Å². The summed E-state index contributed by atoms with van der Waals surface area (Å²) in [5.41, 5.74) is -0.00723. The number of rotatable bonds is 7. The molecule has 2 aromatic heterocycles. The first-order valence-corrected chi connectivity index (χ1v) is 8.82. The van der Waals surface area contributed by atoms with E-state index in [0.717, 1.165) is 10.4 Å². The van der Waals surface area contributed by atoms with Gasteiger partial charge in [-0.15, -0.1) is 5.10 Å². The highest BCUT2D eigenvalue weighted by Crippen LogP contribution is 2.12. The number of halogens is 1. The lowest BCUT2D eigenvalue weighted by Crippen LogP contribution is -2.38. The molecule has 0 aliphatic heterocycles. The van der Waals surface area contributed by atoms with Crippen LogP contribution in [0.15, 0.2) is 57.7 Å². The Hall–Kier alpha value is -3.42. The molecule has 0 spiro atoms. The number of carbonyl (C=O) groups excluding carboxylic acids is 1. The monoisotopic (exact) mass is 385 g/mol. The van der Waals surface area contributed by atoms with Gasteiger partial charge in [0.2, 0.25) is 5.88 Å². The van der Waals surface area contributed by atoms with E-state index in [2.05, 4.69) is 10.4 Å². The molecule has 3 aromatic rings. The number of nitrogens with zero attached hydrogens (tertiary/aromatic N) is 2. The van der Waals surface area contributed by atoms with E-state index in [9.17, 15) is 14.0 Å². The van der Waals surface area contributed by atoms with Gasteiger partial charge in [0.25, 0.3) is 11.5 Å².